The van der Waals surface area contributed by atoms with Crippen LogP contribution >= 0.6 is 0 Å². The molecule has 1 heterocycles. The van der Waals surface area contributed by atoms with Crippen molar-refractivity contribution >= 4 is 15.8 Å². The zero-order chi connectivity index (χ0) is 17.3. The Labute approximate surface area is 139 Å². The first-order valence-electron chi connectivity index (χ1n) is 7.24. The first kappa shape index (κ1) is 16.1. The molecule has 0 unspecified atom stereocenters. The molecule has 2 aromatic carbocycles. The summed E-state index contributed by atoms with van der Waals surface area (Å²) in [6.07, 6.45) is 1.32. The number of aromatic nitrogens is 3. The minimum atomic E-state index is -3.82. The van der Waals surface area contributed by atoms with E-state index in [9.17, 15) is 13.2 Å². The zero-order valence-corrected chi connectivity index (χ0v) is 14.0. The number of carbonyl (C=O) groups is 1. The topological polar surface area (TPSA) is 81.9 Å². The highest BCUT2D eigenvalue weighted by molar-refractivity contribution is 7.89. The molecule has 3 rings (SSSR count). The van der Waals surface area contributed by atoms with Crippen molar-refractivity contribution in [2.24, 2.45) is 0 Å². The predicted molar refractivity (Wildman–Crippen MR) is 89.2 cm³/mol. The summed E-state index contributed by atoms with van der Waals surface area (Å²) in [5, 5.41) is 7.65. The third kappa shape index (κ3) is 2.85. The van der Waals surface area contributed by atoms with Crippen molar-refractivity contribution in [3.63, 3.8) is 0 Å². The number of carbonyl (C=O) groups excluding carboxylic acids is 1. The number of Topliss-reactive ketones (excluding diaryl/α,β-unsaturated/α-hetero) is 1. The van der Waals surface area contributed by atoms with Crippen molar-refractivity contribution in [2.45, 2.75) is 18.7 Å². The van der Waals surface area contributed by atoms with Crippen LogP contribution in [0.25, 0.3) is 11.3 Å². The van der Waals surface area contributed by atoms with E-state index in [0.29, 0.717) is 16.8 Å². The fraction of sp³-hybridized carbons (Fsp3) is 0.118. The van der Waals surface area contributed by atoms with Gasteiger partial charge in [0.25, 0.3) is 10.0 Å². The van der Waals surface area contributed by atoms with Crippen LogP contribution in [0.4, 0.5) is 0 Å². The van der Waals surface area contributed by atoms with Gasteiger partial charge in [-0.3, -0.25) is 4.79 Å². The molecule has 0 aliphatic heterocycles. The lowest BCUT2D eigenvalue weighted by Crippen LogP contribution is -2.13. The summed E-state index contributed by atoms with van der Waals surface area (Å²) in [6.45, 7) is 3.33. The number of hydrogen-bond acceptors (Lipinski definition) is 5. The molecule has 0 saturated carbocycles. The Hall–Kier alpha value is -2.80. The summed E-state index contributed by atoms with van der Waals surface area (Å²) in [4.78, 5) is 11.9. The Balaban J connectivity index is 2.05. The van der Waals surface area contributed by atoms with E-state index in [1.54, 1.807) is 36.4 Å². The van der Waals surface area contributed by atoms with Crippen LogP contribution in [0.15, 0.2) is 59.6 Å². The van der Waals surface area contributed by atoms with Crippen LogP contribution < -0.4 is 0 Å². The van der Waals surface area contributed by atoms with Crippen LogP contribution in [0.1, 0.15) is 22.8 Å². The minimum Gasteiger partial charge on any atom is -0.294 e. The van der Waals surface area contributed by atoms with Crippen molar-refractivity contribution in [3.05, 3.63) is 65.9 Å². The highest BCUT2D eigenvalue weighted by Crippen LogP contribution is 2.23. The van der Waals surface area contributed by atoms with Crippen molar-refractivity contribution in [2.75, 3.05) is 0 Å². The number of ketones is 1. The maximum atomic E-state index is 12.6. The maximum absolute atomic E-state index is 12.6. The number of hydrogen-bond donors (Lipinski definition) is 0. The van der Waals surface area contributed by atoms with E-state index in [1.807, 2.05) is 6.92 Å². The van der Waals surface area contributed by atoms with Gasteiger partial charge in [0.2, 0.25) is 0 Å². The highest BCUT2D eigenvalue weighted by Gasteiger charge is 2.20. The third-order valence-electron chi connectivity index (χ3n) is 3.62. The Morgan fingerprint density at radius 1 is 1.04 bits per heavy atom. The molecule has 3 aromatic rings. The smallest absolute Gasteiger partial charge is 0.284 e. The quantitative estimate of drug-likeness (QED) is 0.682. The molecule has 7 heteroatoms. The molecule has 0 atom stereocenters. The summed E-state index contributed by atoms with van der Waals surface area (Å²) in [5.74, 6) is -0.124. The molecule has 0 saturated heterocycles. The average molecular weight is 341 g/mol. The van der Waals surface area contributed by atoms with Crippen molar-refractivity contribution in [1.82, 2.24) is 14.4 Å². The van der Waals surface area contributed by atoms with Crippen LogP contribution in [-0.2, 0) is 10.0 Å². The lowest BCUT2D eigenvalue weighted by molar-refractivity contribution is 0.101. The van der Waals surface area contributed by atoms with Crippen LogP contribution in [0.2, 0.25) is 0 Å². The summed E-state index contributed by atoms with van der Waals surface area (Å²) in [6, 6.07) is 13.4. The van der Waals surface area contributed by atoms with E-state index >= 15 is 0 Å². The van der Waals surface area contributed by atoms with Gasteiger partial charge in [-0.1, -0.05) is 47.2 Å². The Kier molecular flexibility index (Phi) is 4.02. The molecule has 0 aliphatic rings. The second-order valence-electron chi connectivity index (χ2n) is 5.40. The van der Waals surface area contributed by atoms with Gasteiger partial charge in [0.15, 0.2) is 5.78 Å². The van der Waals surface area contributed by atoms with E-state index in [2.05, 4.69) is 10.3 Å². The fourth-order valence-corrected chi connectivity index (χ4v) is 3.39. The summed E-state index contributed by atoms with van der Waals surface area (Å²) >= 11 is 0. The molecule has 24 heavy (non-hydrogen) atoms. The Morgan fingerprint density at radius 2 is 1.71 bits per heavy atom. The molecule has 0 bridgehead atoms. The van der Waals surface area contributed by atoms with E-state index < -0.39 is 10.0 Å². The van der Waals surface area contributed by atoms with Crippen LogP contribution in [-0.4, -0.2) is 28.6 Å². The number of aryl methyl sites for hydroxylation is 1. The largest absolute Gasteiger partial charge is 0.294 e. The summed E-state index contributed by atoms with van der Waals surface area (Å²) < 4.78 is 26.0. The number of rotatable bonds is 4. The van der Waals surface area contributed by atoms with Gasteiger partial charge in [0.05, 0.1) is 11.1 Å². The number of benzene rings is 2. The van der Waals surface area contributed by atoms with Crippen molar-refractivity contribution < 1.29 is 13.2 Å². The average Bonchev–Trinajstić information content (AvgIpc) is 3.06. The minimum absolute atomic E-state index is 0.124. The maximum Gasteiger partial charge on any atom is 0.284 e. The van der Waals surface area contributed by atoms with Gasteiger partial charge in [-0.25, -0.2) is 0 Å². The van der Waals surface area contributed by atoms with Gasteiger partial charge < -0.3 is 0 Å². The molecule has 122 valence electrons. The van der Waals surface area contributed by atoms with Crippen LogP contribution in [0, 0.1) is 6.92 Å². The van der Waals surface area contributed by atoms with Crippen molar-refractivity contribution in [3.8, 4) is 11.3 Å². The summed E-state index contributed by atoms with van der Waals surface area (Å²) in [5.41, 5.74) is 2.31. The lowest BCUT2D eigenvalue weighted by atomic mass is 10.0. The molecule has 0 N–H and O–H groups in total. The third-order valence-corrected chi connectivity index (χ3v) is 5.16. The second kappa shape index (κ2) is 6.01. The monoisotopic (exact) mass is 341 g/mol. The Bertz CT molecular complexity index is 1010. The molecule has 6 nitrogen and oxygen atoms in total. The first-order valence-corrected chi connectivity index (χ1v) is 8.68. The fourth-order valence-electron chi connectivity index (χ4n) is 2.32. The molecule has 0 spiro atoms. The van der Waals surface area contributed by atoms with Gasteiger partial charge >= 0.3 is 0 Å². The molecular weight excluding hydrogens is 326 g/mol. The van der Waals surface area contributed by atoms with Gasteiger partial charge in [0.1, 0.15) is 5.69 Å². The number of nitrogens with zero attached hydrogens (tertiary/aromatic N) is 3. The molecule has 0 radical (unpaired) electrons. The van der Waals surface area contributed by atoms with Crippen LogP contribution in [0.3, 0.4) is 0 Å². The van der Waals surface area contributed by atoms with E-state index in [-0.39, 0.29) is 10.7 Å². The van der Waals surface area contributed by atoms with Gasteiger partial charge in [-0.15, -0.1) is 9.19 Å². The molecule has 0 fully saturated rings. The van der Waals surface area contributed by atoms with E-state index in [1.165, 1.54) is 25.3 Å². The standard InChI is InChI=1S/C17H15N3O3S/c1-12-7-9-14(10-8-12)24(22,23)20-11-17(18-19-20)16-6-4-3-5-15(16)13(2)21/h3-11H,1-2H3. The molecule has 0 amide bonds. The summed E-state index contributed by atoms with van der Waals surface area (Å²) in [7, 11) is -3.82. The predicted octanol–water partition coefficient (Wildman–Crippen LogP) is 2.69. The lowest BCUT2D eigenvalue weighted by Gasteiger charge is -2.04. The normalized spacial score (nSPS) is 11.4. The van der Waals surface area contributed by atoms with Gasteiger partial charge in [-0.2, -0.15) is 8.42 Å². The SMILES string of the molecule is CC(=O)c1ccccc1-c1cn(S(=O)(=O)c2ccc(C)cc2)nn1. The molecule has 0 aliphatic carbocycles. The van der Waals surface area contributed by atoms with Crippen LogP contribution in [0.5, 0.6) is 0 Å². The van der Waals surface area contributed by atoms with Crippen molar-refractivity contribution in [1.29, 1.82) is 0 Å². The zero-order valence-electron chi connectivity index (χ0n) is 13.2. The van der Waals surface area contributed by atoms with Gasteiger partial charge in [-0.05, 0) is 26.0 Å². The molecule has 1 aromatic heterocycles. The van der Waals surface area contributed by atoms with Gasteiger partial charge in [0, 0.05) is 11.1 Å². The van der Waals surface area contributed by atoms with E-state index in [4.69, 9.17) is 0 Å². The second-order valence-corrected chi connectivity index (χ2v) is 7.19. The molecular formula is C17H15N3O3S. The first-order chi connectivity index (χ1) is 11.4. The van der Waals surface area contributed by atoms with E-state index in [0.717, 1.165) is 9.65 Å². The highest BCUT2D eigenvalue weighted by atomic mass is 32.2. The Morgan fingerprint density at radius 3 is 2.38 bits per heavy atom.